The minimum absolute atomic E-state index is 0.835. The summed E-state index contributed by atoms with van der Waals surface area (Å²) in [5, 5.41) is 0. The zero-order valence-corrected chi connectivity index (χ0v) is 12.1. The Hall–Kier alpha value is -1.48. The maximum atomic E-state index is 5.26. The molecular weight excluding hydrogens is 290 g/mol. The molecule has 2 nitrogen and oxygen atoms in total. The average molecular weight is 306 g/mol. The largest absolute Gasteiger partial charge is 0.497 e. The Morgan fingerprint density at radius 3 is 2.50 bits per heavy atom. The highest BCUT2D eigenvalue weighted by molar-refractivity contribution is 9.10. The number of para-hydroxylation sites is 1. The summed E-state index contributed by atoms with van der Waals surface area (Å²) in [6.45, 7) is 0.835. The first-order valence-corrected chi connectivity index (χ1v) is 6.58. The van der Waals surface area contributed by atoms with Gasteiger partial charge in [-0.25, -0.2) is 0 Å². The van der Waals surface area contributed by atoms with Gasteiger partial charge < -0.3 is 9.64 Å². The zero-order chi connectivity index (χ0) is 13.0. The third kappa shape index (κ3) is 3.05. The van der Waals surface area contributed by atoms with Crippen molar-refractivity contribution in [3.05, 3.63) is 58.6 Å². The number of halogens is 1. The van der Waals surface area contributed by atoms with Gasteiger partial charge in [0.2, 0.25) is 0 Å². The number of hydrogen-bond acceptors (Lipinski definition) is 2. The molecule has 0 unspecified atom stereocenters. The number of benzene rings is 2. The molecule has 2 aromatic rings. The fraction of sp³-hybridized carbons (Fsp3) is 0.200. The topological polar surface area (TPSA) is 12.5 Å². The van der Waals surface area contributed by atoms with E-state index in [1.165, 1.54) is 11.3 Å². The summed E-state index contributed by atoms with van der Waals surface area (Å²) >= 11 is 3.58. The normalized spacial score (nSPS) is 10.2. The third-order valence-corrected chi connectivity index (χ3v) is 3.63. The number of rotatable bonds is 4. The molecule has 0 radical (unpaired) electrons. The average Bonchev–Trinajstić information content (AvgIpc) is 2.42. The molecule has 3 heteroatoms. The highest BCUT2D eigenvalue weighted by Gasteiger charge is 2.06. The first-order chi connectivity index (χ1) is 8.70. The zero-order valence-electron chi connectivity index (χ0n) is 10.6. The van der Waals surface area contributed by atoms with Gasteiger partial charge in [-0.1, -0.05) is 34.1 Å². The Morgan fingerprint density at radius 2 is 1.83 bits per heavy atom. The van der Waals surface area contributed by atoms with E-state index >= 15 is 0 Å². The highest BCUT2D eigenvalue weighted by Crippen LogP contribution is 2.25. The van der Waals surface area contributed by atoms with Gasteiger partial charge in [0, 0.05) is 23.8 Å². The molecule has 0 spiro atoms. The lowest BCUT2D eigenvalue weighted by Crippen LogP contribution is -2.16. The number of hydrogen-bond donors (Lipinski definition) is 0. The smallest absolute Gasteiger partial charge is 0.119 e. The Kier molecular flexibility index (Phi) is 4.26. The van der Waals surface area contributed by atoms with Gasteiger partial charge in [0.15, 0.2) is 0 Å². The molecule has 2 aromatic carbocycles. The van der Waals surface area contributed by atoms with Crippen molar-refractivity contribution in [1.29, 1.82) is 0 Å². The monoisotopic (exact) mass is 305 g/mol. The predicted molar refractivity (Wildman–Crippen MR) is 79.2 cm³/mol. The number of methoxy groups -OCH3 is 1. The number of anilines is 1. The summed E-state index contributed by atoms with van der Waals surface area (Å²) in [6.07, 6.45) is 0. The second kappa shape index (κ2) is 5.91. The van der Waals surface area contributed by atoms with E-state index in [1.54, 1.807) is 7.11 Å². The van der Waals surface area contributed by atoms with Crippen LogP contribution in [0.4, 0.5) is 5.69 Å². The van der Waals surface area contributed by atoms with Crippen LogP contribution in [0.2, 0.25) is 0 Å². The van der Waals surface area contributed by atoms with Gasteiger partial charge in [-0.3, -0.25) is 0 Å². The first kappa shape index (κ1) is 13.0. The van der Waals surface area contributed by atoms with E-state index in [0.29, 0.717) is 0 Å². The summed E-state index contributed by atoms with van der Waals surface area (Å²) in [6, 6.07) is 16.4. The van der Waals surface area contributed by atoms with Gasteiger partial charge in [0.05, 0.1) is 7.11 Å². The first-order valence-electron chi connectivity index (χ1n) is 5.79. The van der Waals surface area contributed by atoms with Crippen LogP contribution in [0.25, 0.3) is 0 Å². The standard InChI is InChI=1S/C15H16BrNO/c1-17(13-6-4-3-5-7-13)11-12-10-14(18-2)8-9-15(12)16/h3-10H,11H2,1-2H3. The number of ether oxygens (including phenoxy) is 1. The maximum Gasteiger partial charge on any atom is 0.119 e. The van der Waals surface area contributed by atoms with Crippen molar-refractivity contribution >= 4 is 21.6 Å². The predicted octanol–water partition coefficient (Wildman–Crippen LogP) is 4.09. The second-order valence-corrected chi connectivity index (χ2v) is 5.00. The van der Waals surface area contributed by atoms with Crippen molar-refractivity contribution in [2.75, 3.05) is 19.1 Å². The van der Waals surface area contributed by atoms with Crippen LogP contribution in [0.3, 0.4) is 0 Å². The van der Waals surface area contributed by atoms with Gasteiger partial charge in [0.1, 0.15) is 5.75 Å². The molecule has 0 aliphatic heterocycles. The van der Waals surface area contributed by atoms with Crippen LogP contribution in [-0.4, -0.2) is 14.2 Å². The second-order valence-electron chi connectivity index (χ2n) is 4.15. The lowest BCUT2D eigenvalue weighted by Gasteiger charge is -2.20. The van der Waals surface area contributed by atoms with E-state index < -0.39 is 0 Å². The van der Waals surface area contributed by atoms with Crippen LogP contribution in [0.15, 0.2) is 53.0 Å². The highest BCUT2D eigenvalue weighted by atomic mass is 79.9. The summed E-state index contributed by atoms with van der Waals surface area (Å²) in [7, 11) is 3.77. The van der Waals surface area contributed by atoms with Crippen LogP contribution >= 0.6 is 15.9 Å². The molecule has 0 saturated heterocycles. The number of nitrogens with zero attached hydrogens (tertiary/aromatic N) is 1. The molecule has 0 heterocycles. The van der Waals surface area contributed by atoms with Crippen LogP contribution < -0.4 is 9.64 Å². The molecule has 0 N–H and O–H groups in total. The van der Waals surface area contributed by atoms with E-state index in [2.05, 4.69) is 46.1 Å². The van der Waals surface area contributed by atoms with Crippen molar-refractivity contribution in [2.24, 2.45) is 0 Å². The van der Waals surface area contributed by atoms with Crippen LogP contribution in [-0.2, 0) is 6.54 Å². The third-order valence-electron chi connectivity index (χ3n) is 2.86. The summed E-state index contributed by atoms with van der Waals surface area (Å²) in [5.41, 5.74) is 2.41. The molecule has 94 valence electrons. The van der Waals surface area contributed by atoms with E-state index in [-0.39, 0.29) is 0 Å². The minimum atomic E-state index is 0.835. The molecule has 0 saturated carbocycles. The van der Waals surface area contributed by atoms with Crippen molar-refractivity contribution in [2.45, 2.75) is 6.54 Å². The van der Waals surface area contributed by atoms with Crippen LogP contribution in [0.5, 0.6) is 5.75 Å². The van der Waals surface area contributed by atoms with E-state index in [0.717, 1.165) is 16.8 Å². The van der Waals surface area contributed by atoms with E-state index in [4.69, 9.17) is 4.74 Å². The fourth-order valence-corrected chi connectivity index (χ4v) is 2.20. The lowest BCUT2D eigenvalue weighted by molar-refractivity contribution is 0.414. The summed E-state index contributed by atoms with van der Waals surface area (Å²) in [5.74, 6) is 0.884. The van der Waals surface area contributed by atoms with Gasteiger partial charge >= 0.3 is 0 Å². The SMILES string of the molecule is COc1ccc(Br)c(CN(C)c2ccccc2)c1. The van der Waals surface area contributed by atoms with E-state index in [1.807, 2.05) is 30.3 Å². The van der Waals surface area contributed by atoms with Gasteiger partial charge in [-0.05, 0) is 35.9 Å². The maximum absolute atomic E-state index is 5.26. The van der Waals surface area contributed by atoms with Crippen molar-refractivity contribution in [1.82, 2.24) is 0 Å². The quantitative estimate of drug-likeness (QED) is 0.843. The molecule has 0 bridgehead atoms. The lowest BCUT2D eigenvalue weighted by atomic mass is 10.2. The molecule has 0 atom stereocenters. The Labute approximate surface area is 116 Å². The van der Waals surface area contributed by atoms with Gasteiger partial charge in [-0.15, -0.1) is 0 Å². The Bertz CT molecular complexity index is 513. The molecule has 0 aliphatic rings. The molecule has 0 aromatic heterocycles. The Morgan fingerprint density at radius 1 is 1.11 bits per heavy atom. The molecular formula is C15H16BrNO. The summed E-state index contributed by atoms with van der Waals surface area (Å²) < 4.78 is 6.36. The van der Waals surface area contributed by atoms with Crippen LogP contribution in [0.1, 0.15) is 5.56 Å². The molecule has 0 amide bonds. The van der Waals surface area contributed by atoms with Crippen molar-refractivity contribution in [3.63, 3.8) is 0 Å². The van der Waals surface area contributed by atoms with Gasteiger partial charge in [-0.2, -0.15) is 0 Å². The minimum Gasteiger partial charge on any atom is -0.497 e. The molecule has 2 rings (SSSR count). The van der Waals surface area contributed by atoms with Crippen molar-refractivity contribution < 1.29 is 4.74 Å². The van der Waals surface area contributed by atoms with Crippen molar-refractivity contribution in [3.8, 4) is 5.75 Å². The fourth-order valence-electron chi connectivity index (χ4n) is 1.83. The Balaban J connectivity index is 2.18. The molecule has 0 aliphatic carbocycles. The summed E-state index contributed by atoms with van der Waals surface area (Å²) in [4.78, 5) is 2.21. The van der Waals surface area contributed by atoms with Gasteiger partial charge in [0.25, 0.3) is 0 Å². The molecule has 18 heavy (non-hydrogen) atoms. The molecule has 0 fully saturated rings. The van der Waals surface area contributed by atoms with Crippen LogP contribution in [0, 0.1) is 0 Å². The van der Waals surface area contributed by atoms with E-state index in [9.17, 15) is 0 Å².